The highest BCUT2D eigenvalue weighted by Crippen LogP contribution is 2.69. The summed E-state index contributed by atoms with van der Waals surface area (Å²) in [5.74, 6) is 4.00. The Morgan fingerprint density at radius 1 is 0.846 bits per heavy atom. The molecular weight excluding hydrogens is 160 g/mol. The van der Waals surface area contributed by atoms with Crippen LogP contribution in [0.15, 0.2) is 0 Å². The van der Waals surface area contributed by atoms with E-state index in [4.69, 9.17) is 0 Å². The quantitative estimate of drug-likeness (QED) is 0.564. The predicted molar refractivity (Wildman–Crippen MR) is 50.1 cm³/mol. The van der Waals surface area contributed by atoms with Gasteiger partial charge in [-0.15, -0.1) is 0 Å². The third kappa shape index (κ3) is 0.614. The maximum absolute atomic E-state index is 10.8. The molecule has 0 saturated heterocycles. The van der Waals surface area contributed by atoms with Crippen LogP contribution < -0.4 is 0 Å². The zero-order valence-corrected chi connectivity index (χ0v) is 8.08. The lowest BCUT2D eigenvalue weighted by molar-refractivity contribution is -0.0959. The second-order valence-corrected chi connectivity index (χ2v) is 5.95. The first-order valence-corrected chi connectivity index (χ1v) is 6.02. The molecule has 1 heteroatoms. The summed E-state index contributed by atoms with van der Waals surface area (Å²) in [4.78, 5) is 0. The zero-order valence-electron chi connectivity index (χ0n) is 8.08. The third-order valence-electron chi connectivity index (χ3n) is 5.80. The molecule has 4 aliphatic rings. The first-order valence-electron chi connectivity index (χ1n) is 6.02. The minimum atomic E-state index is -0.161. The average molecular weight is 178 g/mol. The highest BCUT2D eigenvalue weighted by molar-refractivity contribution is 5.18. The fourth-order valence-electron chi connectivity index (χ4n) is 5.54. The lowest BCUT2D eigenvalue weighted by atomic mass is 9.67. The number of hydrogen-bond acceptors (Lipinski definition) is 1. The van der Waals surface area contributed by atoms with Crippen molar-refractivity contribution in [3.05, 3.63) is 0 Å². The fraction of sp³-hybridized carbons (Fsp3) is 1.00. The van der Waals surface area contributed by atoms with E-state index in [2.05, 4.69) is 0 Å². The van der Waals surface area contributed by atoms with E-state index < -0.39 is 0 Å². The van der Waals surface area contributed by atoms with Gasteiger partial charge in [0, 0.05) is 0 Å². The van der Waals surface area contributed by atoms with E-state index in [1.165, 1.54) is 38.5 Å². The molecule has 13 heavy (non-hydrogen) atoms. The molecule has 4 rings (SSSR count). The van der Waals surface area contributed by atoms with Crippen LogP contribution in [-0.2, 0) is 0 Å². The number of aliphatic hydroxyl groups is 1. The van der Waals surface area contributed by atoms with Crippen LogP contribution in [0.5, 0.6) is 0 Å². The maximum Gasteiger partial charge on any atom is 0.0737 e. The summed E-state index contributed by atoms with van der Waals surface area (Å²) in [6.45, 7) is 0. The Morgan fingerprint density at radius 3 is 1.85 bits per heavy atom. The molecule has 0 aromatic heterocycles. The van der Waals surface area contributed by atoms with Gasteiger partial charge >= 0.3 is 0 Å². The second kappa shape index (κ2) is 1.98. The minimum absolute atomic E-state index is 0.161. The molecule has 0 aromatic rings. The largest absolute Gasteiger partial charge is 0.389 e. The minimum Gasteiger partial charge on any atom is -0.389 e. The van der Waals surface area contributed by atoms with Crippen LogP contribution in [0.3, 0.4) is 0 Å². The van der Waals surface area contributed by atoms with Crippen LogP contribution in [0.1, 0.15) is 38.5 Å². The van der Waals surface area contributed by atoms with Crippen LogP contribution >= 0.6 is 0 Å². The molecule has 0 amide bonds. The Kier molecular flexibility index (Phi) is 1.11. The van der Waals surface area contributed by atoms with Crippen molar-refractivity contribution in [1.29, 1.82) is 0 Å². The highest BCUT2D eigenvalue weighted by Gasteiger charge is 2.68. The van der Waals surface area contributed by atoms with E-state index in [0.717, 1.165) is 17.8 Å². The summed E-state index contributed by atoms with van der Waals surface area (Å²) in [5, 5.41) is 10.8. The Hall–Kier alpha value is -0.0400. The van der Waals surface area contributed by atoms with Crippen LogP contribution in [0.4, 0.5) is 0 Å². The van der Waals surface area contributed by atoms with Crippen LogP contribution in [0.25, 0.3) is 0 Å². The monoisotopic (exact) mass is 178 g/mol. The van der Waals surface area contributed by atoms with Crippen molar-refractivity contribution in [2.24, 2.45) is 29.6 Å². The van der Waals surface area contributed by atoms with Gasteiger partial charge < -0.3 is 5.11 Å². The molecule has 0 spiro atoms. The van der Waals surface area contributed by atoms with E-state index in [-0.39, 0.29) is 5.60 Å². The summed E-state index contributed by atoms with van der Waals surface area (Å²) in [7, 11) is 0. The van der Waals surface area contributed by atoms with Crippen molar-refractivity contribution in [1.82, 2.24) is 0 Å². The number of rotatable bonds is 0. The first-order chi connectivity index (χ1) is 6.30. The van der Waals surface area contributed by atoms with E-state index in [1.807, 2.05) is 0 Å². The van der Waals surface area contributed by atoms with Gasteiger partial charge in [-0.1, -0.05) is 0 Å². The topological polar surface area (TPSA) is 20.2 Å². The van der Waals surface area contributed by atoms with Crippen LogP contribution in [0.2, 0.25) is 0 Å². The maximum atomic E-state index is 10.8. The zero-order chi connectivity index (χ0) is 8.63. The van der Waals surface area contributed by atoms with Gasteiger partial charge in [-0.05, 0) is 68.1 Å². The standard InChI is InChI=1S/C12H18O/c13-12-9-3-1-7(5-9)11(12)8-2-4-10(12)6-8/h7-11,13H,1-6H2. The summed E-state index contributed by atoms with van der Waals surface area (Å²) >= 11 is 0. The van der Waals surface area contributed by atoms with Crippen LogP contribution in [0, 0.1) is 29.6 Å². The molecule has 4 bridgehead atoms. The van der Waals surface area contributed by atoms with Gasteiger partial charge in [0.05, 0.1) is 5.60 Å². The molecule has 0 aliphatic heterocycles. The van der Waals surface area contributed by atoms with E-state index in [9.17, 15) is 5.11 Å². The Labute approximate surface area is 79.5 Å². The third-order valence-corrected chi connectivity index (χ3v) is 5.80. The van der Waals surface area contributed by atoms with E-state index in [1.54, 1.807) is 0 Å². The first kappa shape index (κ1) is 7.28. The second-order valence-electron chi connectivity index (χ2n) is 5.95. The molecule has 4 unspecified atom stereocenters. The summed E-state index contributed by atoms with van der Waals surface area (Å²) < 4.78 is 0. The Morgan fingerprint density at radius 2 is 1.38 bits per heavy atom. The van der Waals surface area contributed by atoms with Gasteiger partial charge in [-0.25, -0.2) is 0 Å². The number of fused-ring (bicyclic) bond motifs is 9. The lowest BCUT2D eigenvalue weighted by Gasteiger charge is -2.43. The molecule has 4 atom stereocenters. The molecule has 0 aromatic carbocycles. The van der Waals surface area contributed by atoms with Crippen LogP contribution in [-0.4, -0.2) is 10.7 Å². The summed E-state index contributed by atoms with van der Waals surface area (Å²) in [5.41, 5.74) is -0.161. The van der Waals surface area contributed by atoms with E-state index in [0.29, 0.717) is 11.8 Å². The molecule has 4 saturated carbocycles. The number of hydrogen-bond donors (Lipinski definition) is 1. The molecular formula is C12H18O. The van der Waals surface area contributed by atoms with Gasteiger partial charge in [0.25, 0.3) is 0 Å². The van der Waals surface area contributed by atoms with Crippen molar-refractivity contribution in [2.75, 3.05) is 0 Å². The fourth-order valence-corrected chi connectivity index (χ4v) is 5.54. The van der Waals surface area contributed by atoms with Gasteiger partial charge in [-0.3, -0.25) is 0 Å². The molecule has 4 aliphatic carbocycles. The molecule has 1 N–H and O–H groups in total. The van der Waals surface area contributed by atoms with E-state index >= 15 is 0 Å². The smallest absolute Gasteiger partial charge is 0.0737 e. The molecule has 4 fully saturated rings. The average Bonchev–Trinajstić information content (AvgIpc) is 2.79. The van der Waals surface area contributed by atoms with Crippen molar-refractivity contribution in [2.45, 2.75) is 44.1 Å². The van der Waals surface area contributed by atoms with Gasteiger partial charge in [-0.2, -0.15) is 0 Å². The molecule has 72 valence electrons. The van der Waals surface area contributed by atoms with Gasteiger partial charge in [0.1, 0.15) is 0 Å². The van der Waals surface area contributed by atoms with Crippen molar-refractivity contribution in [3.63, 3.8) is 0 Å². The highest BCUT2D eigenvalue weighted by atomic mass is 16.3. The lowest BCUT2D eigenvalue weighted by Crippen LogP contribution is -2.47. The Bertz CT molecular complexity index is 238. The molecule has 0 heterocycles. The Balaban J connectivity index is 1.84. The van der Waals surface area contributed by atoms with Crippen molar-refractivity contribution < 1.29 is 5.11 Å². The normalized spacial score (nSPS) is 67.6. The molecule has 0 radical (unpaired) electrons. The summed E-state index contributed by atoms with van der Waals surface area (Å²) in [6.07, 6.45) is 8.27. The SMILES string of the molecule is OC12C3CCC(C3)C1C1CCC2C1. The summed E-state index contributed by atoms with van der Waals surface area (Å²) in [6, 6.07) is 0. The predicted octanol–water partition coefficient (Wildman–Crippen LogP) is 2.19. The molecule has 1 nitrogen and oxygen atoms in total. The van der Waals surface area contributed by atoms with Gasteiger partial charge in [0.15, 0.2) is 0 Å². The van der Waals surface area contributed by atoms with Crippen molar-refractivity contribution >= 4 is 0 Å². The van der Waals surface area contributed by atoms with Gasteiger partial charge in [0.2, 0.25) is 0 Å². The van der Waals surface area contributed by atoms with Crippen molar-refractivity contribution in [3.8, 4) is 0 Å².